The van der Waals surface area contributed by atoms with Crippen LogP contribution in [0.3, 0.4) is 0 Å². The highest BCUT2D eigenvalue weighted by Gasteiger charge is 2.39. The summed E-state index contributed by atoms with van der Waals surface area (Å²) in [6.07, 6.45) is 0. The maximum atomic E-state index is 8.44. The maximum absolute atomic E-state index is 8.44. The molecule has 0 saturated heterocycles. The Morgan fingerprint density at radius 2 is 1.24 bits per heavy atom. The molecule has 2 aliphatic heterocycles. The molecule has 0 unspecified atom stereocenters. The van der Waals surface area contributed by atoms with Gasteiger partial charge in [0.2, 0.25) is 0 Å². The van der Waals surface area contributed by atoms with Gasteiger partial charge in [0.15, 0.2) is 0 Å². The summed E-state index contributed by atoms with van der Waals surface area (Å²) < 4.78 is 77.1. The Hall–Kier alpha value is -2.68. The molecule has 2 nitrogen and oxygen atoms in total. The smallest absolute Gasteiger partial charge is 0.260 e. The third-order valence-electron chi connectivity index (χ3n) is 3.68. The van der Waals surface area contributed by atoms with Gasteiger partial charge in [-0.25, -0.2) is 0 Å². The van der Waals surface area contributed by atoms with E-state index in [4.69, 9.17) is 20.4 Å². The lowest BCUT2D eigenvalue weighted by atomic mass is 9.35. The number of ether oxygens (including phenoxy) is 2. The Morgan fingerprint density at radius 3 is 1.81 bits per heavy atom. The number of rotatable bonds is 0. The van der Waals surface area contributed by atoms with Crippen molar-refractivity contribution in [2.24, 2.45) is 0 Å². The van der Waals surface area contributed by atoms with E-state index in [1.807, 2.05) is 0 Å². The van der Waals surface area contributed by atoms with E-state index in [-0.39, 0.29) is 46.6 Å². The van der Waals surface area contributed by atoms with Crippen LogP contribution in [-0.2, 0) is 0 Å². The van der Waals surface area contributed by atoms with Gasteiger partial charge in [0.05, 0.1) is 11.0 Å². The SMILES string of the molecule is [2H]c1c([2H])c([2H])c2c(c1[2H])Oc1cccc3c1B2c1c([2H])c([2H])c([2H])c([2H])c1O3. The molecule has 5 rings (SSSR count). The fraction of sp³-hybridized carbons (Fsp3) is 0. The topological polar surface area (TPSA) is 18.5 Å². The first-order valence-electron chi connectivity index (χ1n) is 10.4. The monoisotopic (exact) mass is 278 g/mol. The van der Waals surface area contributed by atoms with Crippen molar-refractivity contribution in [3.8, 4) is 23.0 Å². The van der Waals surface area contributed by atoms with E-state index in [2.05, 4.69) is 0 Å². The van der Waals surface area contributed by atoms with E-state index in [9.17, 15) is 0 Å². The summed E-state index contributed by atoms with van der Waals surface area (Å²) in [5, 5.41) is 0. The van der Waals surface area contributed by atoms with Gasteiger partial charge in [-0.15, -0.1) is 0 Å². The van der Waals surface area contributed by atoms with E-state index in [1.165, 1.54) is 0 Å². The first-order valence-corrected chi connectivity index (χ1v) is 6.43. The normalized spacial score (nSPS) is 18.8. The Balaban J connectivity index is 1.97. The van der Waals surface area contributed by atoms with Gasteiger partial charge in [0, 0.05) is 5.46 Å². The van der Waals surface area contributed by atoms with E-state index in [0.717, 1.165) is 0 Å². The highest BCUT2D eigenvalue weighted by molar-refractivity contribution is 6.98. The van der Waals surface area contributed by atoms with Crippen molar-refractivity contribution >= 4 is 23.1 Å². The van der Waals surface area contributed by atoms with E-state index in [1.54, 1.807) is 18.2 Å². The van der Waals surface area contributed by atoms with Crippen LogP contribution < -0.4 is 25.9 Å². The lowest BCUT2D eigenvalue weighted by Crippen LogP contribution is -2.57. The summed E-state index contributed by atoms with van der Waals surface area (Å²) >= 11 is 0. The third kappa shape index (κ3) is 1.43. The van der Waals surface area contributed by atoms with Gasteiger partial charge < -0.3 is 9.47 Å². The molecular weight excluding hydrogens is 259 g/mol. The van der Waals surface area contributed by atoms with Crippen molar-refractivity contribution in [3.05, 3.63) is 66.5 Å². The molecule has 3 heteroatoms. The standard InChI is InChI=1S/C18H11BO2/c1-3-8-14-12(6-1)19-13-7-2-4-9-15(13)21-17-11-5-10-16(20-14)18(17)19/h1-11H/i1D,2D,3D,4D,6D,7D,8D,9D. The molecule has 0 spiro atoms. The molecule has 3 aromatic rings. The minimum atomic E-state index is -0.878. The van der Waals surface area contributed by atoms with E-state index >= 15 is 0 Å². The van der Waals surface area contributed by atoms with Crippen LogP contribution in [0, 0.1) is 0 Å². The van der Waals surface area contributed by atoms with Crippen LogP contribution in [-0.4, -0.2) is 6.71 Å². The number of para-hydroxylation sites is 2. The maximum Gasteiger partial charge on any atom is 0.260 e. The molecule has 0 saturated carbocycles. The van der Waals surface area contributed by atoms with Crippen molar-refractivity contribution in [1.82, 2.24) is 0 Å². The first-order chi connectivity index (χ1) is 13.7. The summed E-state index contributed by atoms with van der Waals surface area (Å²) in [5.74, 6) is 0.544. The second-order valence-electron chi connectivity index (χ2n) is 4.79. The second-order valence-corrected chi connectivity index (χ2v) is 4.79. The summed E-state index contributed by atoms with van der Waals surface area (Å²) in [7, 11) is 0. The predicted molar refractivity (Wildman–Crippen MR) is 84.1 cm³/mol. The van der Waals surface area contributed by atoms with Crippen molar-refractivity contribution < 1.29 is 20.4 Å². The summed E-state index contributed by atoms with van der Waals surface area (Å²) in [6.45, 7) is -0.878. The number of benzene rings is 3. The van der Waals surface area contributed by atoms with Crippen LogP contribution in [0.1, 0.15) is 11.0 Å². The largest absolute Gasteiger partial charge is 0.458 e. The molecule has 2 aliphatic rings. The van der Waals surface area contributed by atoms with Crippen molar-refractivity contribution in [2.75, 3.05) is 0 Å². The molecule has 0 bridgehead atoms. The van der Waals surface area contributed by atoms with Crippen LogP contribution in [0.25, 0.3) is 0 Å². The quantitative estimate of drug-likeness (QED) is 0.405. The predicted octanol–water partition coefficient (Wildman–Crippen LogP) is 2.41. The number of hydrogen-bond acceptors (Lipinski definition) is 2. The zero-order chi connectivity index (χ0) is 20.8. The third-order valence-corrected chi connectivity index (χ3v) is 3.68. The minimum absolute atomic E-state index is 0.0501. The summed E-state index contributed by atoms with van der Waals surface area (Å²) in [6, 6.07) is 1.87. The molecule has 98 valence electrons. The Morgan fingerprint density at radius 1 is 0.714 bits per heavy atom. The molecule has 0 N–H and O–H groups in total. The zero-order valence-electron chi connectivity index (χ0n) is 18.6. The van der Waals surface area contributed by atoms with Crippen LogP contribution in [0.5, 0.6) is 23.0 Å². The van der Waals surface area contributed by atoms with E-state index in [0.29, 0.717) is 17.0 Å². The van der Waals surface area contributed by atoms with Gasteiger partial charge in [0.25, 0.3) is 6.71 Å². The minimum Gasteiger partial charge on any atom is -0.458 e. The first kappa shape index (κ1) is 5.98. The molecule has 0 amide bonds. The summed E-state index contributed by atoms with van der Waals surface area (Å²) in [4.78, 5) is 0. The van der Waals surface area contributed by atoms with Gasteiger partial charge in [-0.1, -0.05) is 42.3 Å². The fourth-order valence-electron chi connectivity index (χ4n) is 2.83. The molecular formula is C18H11BO2. The molecule has 0 radical (unpaired) electrons. The Kier molecular flexibility index (Phi) is 1.12. The van der Waals surface area contributed by atoms with Gasteiger partial charge in [-0.05, 0) is 35.1 Å². The van der Waals surface area contributed by atoms with Crippen LogP contribution >= 0.6 is 0 Å². The van der Waals surface area contributed by atoms with Crippen molar-refractivity contribution in [3.63, 3.8) is 0 Å². The number of fused-ring (bicyclic) bond motifs is 4. The molecule has 0 aliphatic carbocycles. The van der Waals surface area contributed by atoms with E-state index < -0.39 is 30.9 Å². The molecule has 0 atom stereocenters. The fourth-order valence-corrected chi connectivity index (χ4v) is 2.83. The summed E-state index contributed by atoms with van der Waals surface area (Å²) in [5.41, 5.74) is 0.735. The highest BCUT2D eigenvalue weighted by Crippen LogP contribution is 2.33. The van der Waals surface area contributed by atoms with Gasteiger partial charge in [-0.2, -0.15) is 0 Å². The lowest BCUT2D eigenvalue weighted by Gasteiger charge is -2.32. The van der Waals surface area contributed by atoms with Crippen LogP contribution in [0.4, 0.5) is 0 Å². The van der Waals surface area contributed by atoms with Crippen molar-refractivity contribution in [1.29, 1.82) is 0 Å². The van der Waals surface area contributed by atoms with Crippen LogP contribution in [0.15, 0.2) is 66.5 Å². The zero-order valence-corrected chi connectivity index (χ0v) is 10.6. The molecule has 2 heterocycles. The van der Waals surface area contributed by atoms with Gasteiger partial charge >= 0.3 is 0 Å². The number of hydrogen-bond donors (Lipinski definition) is 0. The highest BCUT2D eigenvalue weighted by atomic mass is 16.5. The average Bonchev–Trinajstić information content (AvgIpc) is 2.72. The average molecular weight is 278 g/mol. The van der Waals surface area contributed by atoms with Crippen molar-refractivity contribution in [2.45, 2.75) is 0 Å². The molecule has 0 fully saturated rings. The lowest BCUT2D eigenvalue weighted by molar-refractivity contribution is 0.464. The van der Waals surface area contributed by atoms with Gasteiger partial charge in [-0.3, -0.25) is 0 Å². The molecule has 3 aromatic carbocycles. The molecule has 0 aromatic heterocycles. The van der Waals surface area contributed by atoms with Gasteiger partial charge in [0.1, 0.15) is 23.0 Å². The second kappa shape index (κ2) is 3.92. The Bertz CT molecular complexity index is 1170. The molecule has 21 heavy (non-hydrogen) atoms. The Labute approximate surface area is 134 Å². The van der Waals surface area contributed by atoms with Crippen LogP contribution in [0.2, 0.25) is 0 Å².